The van der Waals surface area contributed by atoms with Crippen LogP contribution >= 0.6 is 0 Å². The lowest BCUT2D eigenvalue weighted by Gasteiger charge is -2.20. The zero-order valence-corrected chi connectivity index (χ0v) is 16.9. The van der Waals surface area contributed by atoms with Crippen LogP contribution < -0.4 is 5.32 Å². The van der Waals surface area contributed by atoms with E-state index >= 15 is 0 Å². The first-order chi connectivity index (χ1) is 15.0. The van der Waals surface area contributed by atoms with E-state index in [0.29, 0.717) is 24.9 Å². The highest BCUT2D eigenvalue weighted by Gasteiger charge is 2.32. The summed E-state index contributed by atoms with van der Waals surface area (Å²) < 4.78 is 0. The average Bonchev–Trinajstić information content (AvgIpc) is 3.29. The summed E-state index contributed by atoms with van der Waals surface area (Å²) in [7, 11) is 0. The predicted molar refractivity (Wildman–Crippen MR) is 114 cm³/mol. The molecule has 0 bridgehead atoms. The molecule has 2 atom stereocenters. The number of hydrogen-bond acceptors (Lipinski definition) is 4. The minimum atomic E-state index is -1.04. The van der Waals surface area contributed by atoms with Gasteiger partial charge in [-0.2, -0.15) is 0 Å². The first-order valence-electron chi connectivity index (χ1n) is 10.1. The number of likely N-dealkylation sites (tertiary alicyclic amines) is 1. The smallest absolute Gasteiger partial charge is 0.326 e. The molecular weight excluding hydrogens is 396 g/mol. The van der Waals surface area contributed by atoms with Gasteiger partial charge < -0.3 is 15.3 Å². The minimum Gasteiger partial charge on any atom is -0.480 e. The molecule has 2 amide bonds. The Hall–Kier alpha value is -3.74. The molecule has 0 unspecified atom stereocenters. The number of hydrogen-bond donors (Lipinski definition) is 2. The van der Waals surface area contributed by atoms with Crippen molar-refractivity contribution in [3.8, 4) is 0 Å². The number of benzene rings is 2. The third kappa shape index (κ3) is 5.88. The Labute approximate surface area is 180 Å². The second-order valence-corrected chi connectivity index (χ2v) is 7.33. The van der Waals surface area contributed by atoms with Crippen LogP contribution in [0, 0.1) is 0 Å². The van der Waals surface area contributed by atoms with Crippen molar-refractivity contribution in [2.45, 2.75) is 31.3 Å². The lowest BCUT2D eigenvalue weighted by atomic mass is 10.0. The summed E-state index contributed by atoms with van der Waals surface area (Å²) in [5.74, 6) is -2.19. The molecule has 2 aromatic carbocycles. The molecule has 1 saturated heterocycles. The number of allylic oxidation sites excluding steroid dienone is 1. The number of aliphatic carboxylic acids is 1. The maximum Gasteiger partial charge on any atom is 0.326 e. The molecule has 0 radical (unpaired) electrons. The zero-order valence-electron chi connectivity index (χ0n) is 16.9. The molecule has 31 heavy (non-hydrogen) atoms. The molecule has 3 rings (SSSR count). The van der Waals surface area contributed by atoms with Crippen molar-refractivity contribution < 1.29 is 24.3 Å². The predicted octanol–water partition coefficient (Wildman–Crippen LogP) is 2.75. The number of rotatable bonds is 8. The van der Waals surface area contributed by atoms with E-state index in [2.05, 4.69) is 5.32 Å². The second kappa shape index (κ2) is 10.3. The van der Waals surface area contributed by atoms with Crippen molar-refractivity contribution in [1.29, 1.82) is 0 Å². The van der Waals surface area contributed by atoms with Gasteiger partial charge in [-0.05, 0) is 36.6 Å². The fourth-order valence-corrected chi connectivity index (χ4v) is 3.59. The van der Waals surface area contributed by atoms with Crippen molar-refractivity contribution in [3.05, 3.63) is 83.9 Å². The first kappa shape index (κ1) is 22.0. The van der Waals surface area contributed by atoms with Crippen LogP contribution in [0.4, 0.5) is 0 Å². The molecule has 0 aliphatic carbocycles. The van der Waals surface area contributed by atoms with Gasteiger partial charge >= 0.3 is 5.97 Å². The molecular formula is C24H24N2O5. The zero-order chi connectivity index (χ0) is 22.2. The molecule has 1 aliphatic rings. The fraction of sp³-hybridized carbons (Fsp3) is 0.250. The third-order valence-electron chi connectivity index (χ3n) is 5.18. The quantitative estimate of drug-likeness (QED) is 0.639. The van der Waals surface area contributed by atoms with Crippen molar-refractivity contribution in [1.82, 2.24) is 10.2 Å². The largest absolute Gasteiger partial charge is 0.480 e. The Kier molecular flexibility index (Phi) is 7.32. The van der Waals surface area contributed by atoms with E-state index in [1.807, 2.05) is 36.4 Å². The number of ketones is 1. The molecule has 0 saturated carbocycles. The summed E-state index contributed by atoms with van der Waals surface area (Å²) in [6.45, 7) is 0.355. The third-order valence-corrected chi connectivity index (χ3v) is 5.18. The summed E-state index contributed by atoms with van der Waals surface area (Å²) in [4.78, 5) is 50.0. The first-order valence-corrected chi connectivity index (χ1v) is 10.1. The molecule has 7 heteroatoms. The van der Waals surface area contributed by atoms with Gasteiger partial charge in [-0.1, -0.05) is 48.5 Å². The fourth-order valence-electron chi connectivity index (χ4n) is 3.59. The van der Waals surface area contributed by atoms with Gasteiger partial charge in [-0.25, -0.2) is 4.79 Å². The SMILES string of the molecule is O=C(C=CC(=O)N1CCC[C@H]1C(=O)O)C[C@H](NC(=O)c1ccccc1)c1ccccc1. The van der Waals surface area contributed by atoms with Crippen LogP contribution in [0.2, 0.25) is 0 Å². The van der Waals surface area contributed by atoms with E-state index in [4.69, 9.17) is 0 Å². The number of nitrogens with one attached hydrogen (secondary N) is 1. The van der Waals surface area contributed by atoms with Crippen LogP contribution in [-0.2, 0) is 14.4 Å². The van der Waals surface area contributed by atoms with Crippen LogP contribution in [0.1, 0.15) is 41.2 Å². The maximum atomic E-state index is 12.6. The maximum absolute atomic E-state index is 12.6. The van der Waals surface area contributed by atoms with E-state index in [1.54, 1.807) is 24.3 Å². The average molecular weight is 420 g/mol. The molecule has 0 aromatic heterocycles. The highest BCUT2D eigenvalue weighted by Crippen LogP contribution is 2.20. The Morgan fingerprint density at radius 1 is 1.00 bits per heavy atom. The highest BCUT2D eigenvalue weighted by atomic mass is 16.4. The Bertz CT molecular complexity index is 972. The van der Waals surface area contributed by atoms with Crippen molar-refractivity contribution >= 4 is 23.6 Å². The molecule has 2 aromatic rings. The van der Waals surface area contributed by atoms with Gasteiger partial charge in [0.1, 0.15) is 6.04 Å². The van der Waals surface area contributed by atoms with Crippen molar-refractivity contribution in [2.24, 2.45) is 0 Å². The number of carboxylic acid groups (broad SMARTS) is 1. The monoisotopic (exact) mass is 420 g/mol. The lowest BCUT2D eigenvalue weighted by molar-refractivity contribution is -0.146. The van der Waals surface area contributed by atoms with E-state index in [9.17, 15) is 24.3 Å². The Morgan fingerprint density at radius 2 is 1.65 bits per heavy atom. The second-order valence-electron chi connectivity index (χ2n) is 7.33. The van der Waals surface area contributed by atoms with Crippen molar-refractivity contribution in [3.63, 3.8) is 0 Å². The van der Waals surface area contributed by atoms with Gasteiger partial charge in [0, 0.05) is 24.6 Å². The lowest BCUT2D eigenvalue weighted by Crippen LogP contribution is -2.39. The van der Waals surface area contributed by atoms with Gasteiger partial charge in [0.15, 0.2) is 5.78 Å². The molecule has 1 fully saturated rings. The molecule has 0 spiro atoms. The van der Waals surface area contributed by atoms with E-state index in [0.717, 1.165) is 17.7 Å². The number of carbonyl (C=O) groups is 4. The summed E-state index contributed by atoms with van der Waals surface area (Å²) in [6.07, 6.45) is 3.26. The summed E-state index contributed by atoms with van der Waals surface area (Å²) in [5.41, 5.74) is 1.25. The van der Waals surface area contributed by atoms with E-state index < -0.39 is 24.0 Å². The van der Waals surface area contributed by atoms with Gasteiger partial charge in [0.25, 0.3) is 5.91 Å². The Balaban J connectivity index is 1.68. The van der Waals surface area contributed by atoms with Gasteiger partial charge in [-0.3, -0.25) is 14.4 Å². The number of carbonyl (C=O) groups excluding carboxylic acids is 3. The number of carboxylic acids is 1. The molecule has 7 nitrogen and oxygen atoms in total. The Morgan fingerprint density at radius 3 is 2.29 bits per heavy atom. The van der Waals surface area contributed by atoms with Crippen LogP contribution in [0.25, 0.3) is 0 Å². The number of nitrogens with zero attached hydrogens (tertiary/aromatic N) is 1. The number of amides is 2. The van der Waals surface area contributed by atoms with Crippen LogP contribution in [0.3, 0.4) is 0 Å². The molecule has 1 aliphatic heterocycles. The van der Waals surface area contributed by atoms with Gasteiger partial charge in [0.2, 0.25) is 5.91 Å². The van der Waals surface area contributed by atoms with Gasteiger partial charge in [0.05, 0.1) is 6.04 Å². The topological polar surface area (TPSA) is 104 Å². The molecule has 2 N–H and O–H groups in total. The van der Waals surface area contributed by atoms with Gasteiger partial charge in [-0.15, -0.1) is 0 Å². The molecule has 160 valence electrons. The van der Waals surface area contributed by atoms with Crippen LogP contribution in [-0.4, -0.2) is 46.2 Å². The normalized spacial score (nSPS) is 16.8. The van der Waals surface area contributed by atoms with Crippen LogP contribution in [0.5, 0.6) is 0 Å². The summed E-state index contributed by atoms with van der Waals surface area (Å²) in [5, 5.41) is 12.1. The summed E-state index contributed by atoms with van der Waals surface area (Å²) >= 11 is 0. The van der Waals surface area contributed by atoms with Crippen molar-refractivity contribution in [2.75, 3.05) is 6.54 Å². The van der Waals surface area contributed by atoms with E-state index in [-0.39, 0.29) is 18.1 Å². The summed E-state index contributed by atoms with van der Waals surface area (Å²) in [6, 6.07) is 16.4. The standard InChI is InChI=1S/C24H24N2O5/c27-19(13-14-22(28)26-15-7-12-21(26)24(30)31)16-20(17-8-3-1-4-9-17)25-23(29)18-10-5-2-6-11-18/h1-6,8-11,13-14,20-21H,7,12,15-16H2,(H,25,29)(H,30,31)/t20-,21-/m0/s1. The highest BCUT2D eigenvalue weighted by molar-refractivity contribution is 6.00. The van der Waals surface area contributed by atoms with E-state index in [1.165, 1.54) is 4.90 Å². The van der Waals surface area contributed by atoms with Crippen LogP contribution in [0.15, 0.2) is 72.8 Å². The molecule has 1 heterocycles. The minimum absolute atomic E-state index is 0.0330.